The van der Waals surface area contributed by atoms with Crippen LogP contribution in [0, 0.1) is 6.92 Å². The van der Waals surface area contributed by atoms with Gasteiger partial charge in [-0.05, 0) is 43.5 Å². The van der Waals surface area contributed by atoms with Gasteiger partial charge in [0.2, 0.25) is 5.88 Å². The van der Waals surface area contributed by atoms with Crippen molar-refractivity contribution in [3.05, 3.63) is 53.5 Å². The summed E-state index contributed by atoms with van der Waals surface area (Å²) in [5.74, 6) is -0.958. The number of hydrogen-bond acceptors (Lipinski definition) is 8. The van der Waals surface area contributed by atoms with Gasteiger partial charge in [0.05, 0.1) is 26.1 Å². The van der Waals surface area contributed by atoms with Crippen LogP contribution < -0.4 is 5.32 Å². The summed E-state index contributed by atoms with van der Waals surface area (Å²) in [6.07, 6.45) is 2.19. The minimum atomic E-state index is -0.961. The number of carbonyl (C=O) groups excluding carboxylic acids is 3. The van der Waals surface area contributed by atoms with Crippen molar-refractivity contribution in [2.45, 2.75) is 38.8 Å². The van der Waals surface area contributed by atoms with Gasteiger partial charge in [-0.25, -0.2) is 14.8 Å². The van der Waals surface area contributed by atoms with E-state index in [1.165, 1.54) is 14.2 Å². The molecule has 0 bridgehead atoms. The molecule has 10 nitrogen and oxygen atoms in total. The van der Waals surface area contributed by atoms with Gasteiger partial charge < -0.3 is 24.5 Å². The topological polar surface area (TPSA) is 133 Å². The summed E-state index contributed by atoms with van der Waals surface area (Å²) >= 11 is 0. The number of aromatic nitrogens is 3. The lowest BCUT2D eigenvalue weighted by Crippen LogP contribution is -2.41. The second kappa shape index (κ2) is 10.6. The molecule has 0 saturated heterocycles. The molecule has 33 heavy (non-hydrogen) atoms. The smallest absolute Gasteiger partial charge is 0.328 e. The highest BCUT2D eigenvalue weighted by Gasteiger charge is 2.23. The van der Waals surface area contributed by atoms with E-state index in [9.17, 15) is 19.5 Å². The molecule has 0 unspecified atom stereocenters. The van der Waals surface area contributed by atoms with Gasteiger partial charge in [-0.1, -0.05) is 12.1 Å². The average Bonchev–Trinajstić information content (AvgIpc) is 3.21. The fourth-order valence-corrected chi connectivity index (χ4v) is 3.36. The van der Waals surface area contributed by atoms with Crippen LogP contribution in [0.4, 0.5) is 0 Å². The Morgan fingerprint density at radius 3 is 2.55 bits per heavy atom. The zero-order valence-electron chi connectivity index (χ0n) is 18.7. The molecular formula is C23H26N4O6. The van der Waals surface area contributed by atoms with E-state index in [0.717, 1.165) is 11.3 Å². The standard InChI is InChI=1S/C23H26N4O6/c1-14-12-17-20(25-14)24-13-27(22(17)30)11-10-15-4-6-16(7-5-15)21(29)26-18(23(31)33-3)8-9-19(28)32-2/h4-7,12-13,18,30H,8-11H2,1-3H3,(H,26,29)/t18-/m0/s1. The van der Waals surface area contributed by atoms with Crippen molar-refractivity contribution in [2.75, 3.05) is 14.2 Å². The number of methoxy groups -OCH3 is 2. The van der Waals surface area contributed by atoms with Crippen LogP contribution in [-0.4, -0.2) is 57.7 Å². The van der Waals surface area contributed by atoms with Crippen LogP contribution in [0.15, 0.2) is 36.7 Å². The average molecular weight is 454 g/mol. The number of carbonyl (C=O) groups is 3. The van der Waals surface area contributed by atoms with Crippen molar-refractivity contribution < 1.29 is 29.0 Å². The molecule has 0 saturated carbocycles. The summed E-state index contributed by atoms with van der Waals surface area (Å²) in [5, 5.41) is 13.1. The highest BCUT2D eigenvalue weighted by Crippen LogP contribution is 2.29. The number of fused-ring (bicyclic) bond motifs is 1. The number of amides is 1. The number of hydrogen-bond donors (Lipinski definition) is 2. The molecule has 1 aromatic carbocycles. The predicted molar refractivity (Wildman–Crippen MR) is 118 cm³/mol. The van der Waals surface area contributed by atoms with Crippen molar-refractivity contribution in [3.8, 4) is 17.3 Å². The highest BCUT2D eigenvalue weighted by atomic mass is 16.5. The van der Waals surface area contributed by atoms with Gasteiger partial charge in [-0.2, -0.15) is 0 Å². The molecule has 1 aromatic rings. The first-order valence-corrected chi connectivity index (χ1v) is 10.4. The number of aromatic hydroxyl groups is 1. The fraction of sp³-hybridized carbons (Fsp3) is 0.348. The largest absolute Gasteiger partial charge is 0.494 e. The summed E-state index contributed by atoms with van der Waals surface area (Å²) < 4.78 is 10.9. The van der Waals surface area contributed by atoms with E-state index in [1.54, 1.807) is 41.2 Å². The first-order valence-electron chi connectivity index (χ1n) is 10.4. The second-order valence-electron chi connectivity index (χ2n) is 7.51. The van der Waals surface area contributed by atoms with Gasteiger partial charge >= 0.3 is 11.9 Å². The molecule has 2 N–H and O–H groups in total. The van der Waals surface area contributed by atoms with Crippen LogP contribution in [0.25, 0.3) is 11.4 Å². The number of nitrogens with zero attached hydrogens (tertiary/aromatic N) is 3. The highest BCUT2D eigenvalue weighted by molar-refractivity contribution is 5.96. The molecule has 0 radical (unpaired) electrons. The van der Waals surface area contributed by atoms with Gasteiger partial charge in [-0.3, -0.25) is 9.59 Å². The minimum Gasteiger partial charge on any atom is -0.494 e. The Balaban J connectivity index is 1.61. The predicted octanol–water partition coefficient (Wildman–Crippen LogP) is 1.86. The Labute approximate surface area is 190 Å². The Kier molecular flexibility index (Phi) is 7.60. The van der Waals surface area contributed by atoms with Crippen LogP contribution in [0.5, 0.6) is 5.88 Å². The molecule has 1 atom stereocenters. The number of rotatable bonds is 9. The van der Waals surface area contributed by atoms with E-state index < -0.39 is 23.9 Å². The van der Waals surface area contributed by atoms with E-state index in [2.05, 4.69) is 20.0 Å². The maximum atomic E-state index is 12.6. The first kappa shape index (κ1) is 23.7. The van der Waals surface area contributed by atoms with Crippen LogP contribution in [0.1, 0.15) is 34.5 Å². The molecule has 174 valence electrons. The summed E-state index contributed by atoms with van der Waals surface area (Å²) in [7, 11) is 2.47. The maximum Gasteiger partial charge on any atom is 0.328 e. The first-order chi connectivity index (χ1) is 15.8. The third-order valence-corrected chi connectivity index (χ3v) is 5.22. The molecule has 3 rings (SSSR count). The van der Waals surface area contributed by atoms with Crippen molar-refractivity contribution >= 4 is 17.8 Å². The Bertz CT molecular complexity index is 1110. The lowest BCUT2D eigenvalue weighted by molar-refractivity contribution is -0.144. The Hall–Kier alpha value is -3.95. The summed E-state index contributed by atoms with van der Waals surface area (Å²) in [5.41, 5.74) is 2.71. The van der Waals surface area contributed by atoms with Crippen LogP contribution in [-0.2, 0) is 32.0 Å². The zero-order chi connectivity index (χ0) is 24.0. The molecule has 2 aliphatic rings. The molecule has 2 aliphatic heterocycles. The number of esters is 2. The number of ether oxygens (including phenoxy) is 2. The monoisotopic (exact) mass is 454 g/mol. The van der Waals surface area contributed by atoms with Crippen LogP contribution >= 0.6 is 0 Å². The van der Waals surface area contributed by atoms with Gasteiger partial charge in [-0.15, -0.1) is 0 Å². The molecule has 10 heteroatoms. The summed E-state index contributed by atoms with van der Waals surface area (Å²) in [6.45, 7) is 2.33. The summed E-state index contributed by atoms with van der Waals surface area (Å²) in [4.78, 5) is 44.4. The van der Waals surface area contributed by atoms with Crippen LogP contribution in [0.3, 0.4) is 0 Å². The third-order valence-electron chi connectivity index (χ3n) is 5.22. The SMILES string of the molecule is COC(=O)CC[C@H](NC(=O)c1ccc(CCn2cnc3nc(C)cc-3c2O)cc1)C(=O)OC. The maximum absolute atomic E-state index is 12.6. The minimum absolute atomic E-state index is 0.0268. The van der Waals surface area contributed by atoms with Gasteiger partial charge in [0.1, 0.15) is 6.04 Å². The fourth-order valence-electron chi connectivity index (χ4n) is 3.36. The molecule has 0 spiro atoms. The Morgan fingerprint density at radius 2 is 1.88 bits per heavy atom. The van der Waals surface area contributed by atoms with E-state index >= 15 is 0 Å². The lowest BCUT2D eigenvalue weighted by atomic mass is 10.1. The van der Waals surface area contributed by atoms with Crippen LogP contribution in [0.2, 0.25) is 0 Å². The number of aryl methyl sites for hydroxylation is 3. The van der Waals surface area contributed by atoms with E-state index in [4.69, 9.17) is 4.74 Å². The normalized spacial score (nSPS) is 11.7. The summed E-state index contributed by atoms with van der Waals surface area (Å²) in [6, 6.07) is 7.72. The second-order valence-corrected chi connectivity index (χ2v) is 7.51. The molecule has 0 fully saturated rings. The molecule has 1 amide bonds. The Morgan fingerprint density at radius 1 is 1.15 bits per heavy atom. The number of benzene rings is 1. The van der Waals surface area contributed by atoms with Crippen molar-refractivity contribution in [3.63, 3.8) is 0 Å². The lowest BCUT2D eigenvalue weighted by Gasteiger charge is -2.16. The van der Waals surface area contributed by atoms with Crippen molar-refractivity contribution in [2.24, 2.45) is 0 Å². The van der Waals surface area contributed by atoms with E-state index in [1.807, 2.05) is 6.92 Å². The van der Waals surface area contributed by atoms with E-state index in [-0.39, 0.29) is 18.7 Å². The van der Waals surface area contributed by atoms with Crippen molar-refractivity contribution in [1.29, 1.82) is 0 Å². The molecule has 0 aliphatic carbocycles. The van der Waals surface area contributed by atoms with Gasteiger partial charge in [0.15, 0.2) is 5.82 Å². The zero-order valence-corrected chi connectivity index (χ0v) is 18.7. The molecular weight excluding hydrogens is 428 g/mol. The quantitative estimate of drug-likeness (QED) is 0.468. The van der Waals surface area contributed by atoms with Gasteiger partial charge in [0, 0.05) is 24.2 Å². The van der Waals surface area contributed by atoms with Gasteiger partial charge in [0.25, 0.3) is 5.91 Å². The number of nitrogens with one attached hydrogen (secondary N) is 1. The molecule has 2 heterocycles. The van der Waals surface area contributed by atoms with E-state index in [0.29, 0.717) is 29.9 Å². The van der Waals surface area contributed by atoms with Crippen molar-refractivity contribution in [1.82, 2.24) is 19.9 Å². The third kappa shape index (κ3) is 5.85. The molecule has 0 aromatic heterocycles.